The molecule has 1 N–H and O–H groups in total. The number of aryl methyl sites for hydroxylation is 1. The molecule has 9 heteroatoms. The number of furan rings is 1. The highest BCUT2D eigenvalue weighted by Crippen LogP contribution is 2.30. The molecule has 0 bridgehead atoms. The zero-order valence-electron chi connectivity index (χ0n) is 14.6. The molecule has 3 rings (SSSR count). The van der Waals surface area contributed by atoms with Crippen molar-refractivity contribution in [2.24, 2.45) is 0 Å². The van der Waals surface area contributed by atoms with Crippen molar-refractivity contribution in [2.45, 2.75) is 13.5 Å². The molecular weight excluding hydrogens is 407 g/mol. The van der Waals surface area contributed by atoms with Gasteiger partial charge >= 0.3 is 0 Å². The summed E-state index contributed by atoms with van der Waals surface area (Å²) >= 11 is 12.1. The Morgan fingerprint density at radius 3 is 2.54 bits per heavy atom. The van der Waals surface area contributed by atoms with Crippen LogP contribution in [0, 0.1) is 17.0 Å². The van der Waals surface area contributed by atoms with Crippen molar-refractivity contribution in [1.29, 1.82) is 0 Å². The maximum absolute atomic E-state index is 12.3. The van der Waals surface area contributed by atoms with Gasteiger partial charge in [-0.3, -0.25) is 14.9 Å². The normalized spacial score (nSPS) is 10.5. The van der Waals surface area contributed by atoms with E-state index in [1.165, 1.54) is 18.2 Å². The van der Waals surface area contributed by atoms with Gasteiger partial charge in [-0.05, 0) is 43.3 Å². The first kappa shape index (κ1) is 19.7. The molecule has 3 aromatic rings. The number of para-hydroxylation sites is 1. The number of hydrogen-bond donors (Lipinski definition) is 1. The molecule has 0 aliphatic rings. The van der Waals surface area contributed by atoms with Crippen LogP contribution in [0.15, 0.2) is 52.9 Å². The number of nitrogens with one attached hydrogen (secondary N) is 1. The minimum atomic E-state index is -0.507. The van der Waals surface area contributed by atoms with E-state index in [1.54, 1.807) is 37.3 Å². The predicted octanol–water partition coefficient (Wildman–Crippen LogP) is 5.63. The molecule has 0 radical (unpaired) electrons. The van der Waals surface area contributed by atoms with Gasteiger partial charge in [-0.2, -0.15) is 0 Å². The fourth-order valence-corrected chi connectivity index (χ4v) is 2.94. The summed E-state index contributed by atoms with van der Waals surface area (Å²) < 4.78 is 11.0. The predicted molar refractivity (Wildman–Crippen MR) is 105 cm³/mol. The Kier molecular flexibility index (Phi) is 5.87. The first-order valence-electron chi connectivity index (χ1n) is 8.07. The van der Waals surface area contributed by atoms with Crippen LogP contribution in [0.25, 0.3) is 0 Å². The summed E-state index contributed by atoms with van der Waals surface area (Å²) in [5, 5.41) is 14.1. The summed E-state index contributed by atoms with van der Waals surface area (Å²) in [5.74, 6) is 0.418. The van der Waals surface area contributed by atoms with Crippen LogP contribution in [-0.2, 0) is 6.61 Å². The number of benzene rings is 2. The third kappa shape index (κ3) is 4.44. The zero-order valence-corrected chi connectivity index (χ0v) is 16.1. The fourth-order valence-electron chi connectivity index (χ4n) is 2.45. The van der Waals surface area contributed by atoms with E-state index in [2.05, 4.69) is 5.32 Å². The number of anilines is 1. The van der Waals surface area contributed by atoms with E-state index in [0.29, 0.717) is 32.8 Å². The summed E-state index contributed by atoms with van der Waals surface area (Å²) in [6.07, 6.45) is 0. The third-order valence-corrected chi connectivity index (χ3v) is 4.46. The van der Waals surface area contributed by atoms with Gasteiger partial charge in [0.05, 0.1) is 20.7 Å². The highest BCUT2D eigenvalue weighted by Gasteiger charge is 2.16. The first-order valence-corrected chi connectivity index (χ1v) is 8.82. The van der Waals surface area contributed by atoms with E-state index in [0.717, 1.165) is 0 Å². The number of halogens is 2. The number of ether oxygens (including phenoxy) is 1. The van der Waals surface area contributed by atoms with Gasteiger partial charge in [0.15, 0.2) is 5.76 Å². The molecule has 0 fully saturated rings. The standard InChI is InChI=1S/C19H14Cl2N2O5/c1-11-9-12(5-7-16(11)23(25)26)27-10-13-6-8-17(28-13)19(24)22-18-14(20)3-2-4-15(18)21/h2-9H,10H2,1H3,(H,22,24). The summed E-state index contributed by atoms with van der Waals surface area (Å²) in [7, 11) is 0. The minimum absolute atomic E-state index is 0.0162. The molecule has 0 unspecified atom stereocenters. The average Bonchev–Trinajstić information content (AvgIpc) is 3.12. The molecular formula is C19H14Cl2N2O5. The molecule has 1 aromatic heterocycles. The van der Waals surface area contributed by atoms with Gasteiger partial charge in [0.1, 0.15) is 18.1 Å². The summed E-state index contributed by atoms with van der Waals surface area (Å²) in [5.41, 5.74) is 0.799. The van der Waals surface area contributed by atoms with Crippen LogP contribution < -0.4 is 10.1 Å². The second-order valence-corrected chi connectivity index (χ2v) is 6.63. The van der Waals surface area contributed by atoms with E-state index in [1.807, 2.05) is 0 Å². The maximum atomic E-state index is 12.3. The molecule has 144 valence electrons. The lowest BCUT2D eigenvalue weighted by Gasteiger charge is -2.07. The Labute approximate surface area is 170 Å². The Morgan fingerprint density at radius 1 is 1.18 bits per heavy atom. The molecule has 0 aliphatic heterocycles. The van der Waals surface area contributed by atoms with Gasteiger partial charge < -0.3 is 14.5 Å². The number of carbonyl (C=O) groups excluding carboxylic acids is 1. The van der Waals surface area contributed by atoms with Crippen molar-refractivity contribution in [2.75, 3.05) is 5.32 Å². The van der Waals surface area contributed by atoms with Crippen LogP contribution in [-0.4, -0.2) is 10.8 Å². The molecule has 1 heterocycles. The van der Waals surface area contributed by atoms with Crippen molar-refractivity contribution < 1.29 is 18.9 Å². The van der Waals surface area contributed by atoms with Gasteiger partial charge in [-0.1, -0.05) is 29.3 Å². The second-order valence-electron chi connectivity index (χ2n) is 5.81. The van der Waals surface area contributed by atoms with Crippen LogP contribution >= 0.6 is 23.2 Å². The largest absolute Gasteiger partial charge is 0.486 e. The van der Waals surface area contributed by atoms with Gasteiger partial charge in [0, 0.05) is 11.6 Å². The molecule has 1 amide bonds. The average molecular weight is 421 g/mol. The number of nitrogens with zero attached hydrogens (tertiary/aromatic N) is 1. The minimum Gasteiger partial charge on any atom is -0.486 e. The van der Waals surface area contributed by atoms with Gasteiger partial charge in [-0.25, -0.2) is 0 Å². The van der Waals surface area contributed by atoms with E-state index in [-0.39, 0.29) is 18.1 Å². The van der Waals surface area contributed by atoms with Crippen LogP contribution in [0.4, 0.5) is 11.4 Å². The van der Waals surface area contributed by atoms with Gasteiger partial charge in [0.2, 0.25) is 0 Å². The fraction of sp³-hybridized carbons (Fsp3) is 0.105. The molecule has 0 atom stereocenters. The Hall–Kier alpha value is -3.03. The highest BCUT2D eigenvalue weighted by atomic mass is 35.5. The smallest absolute Gasteiger partial charge is 0.291 e. The quantitative estimate of drug-likeness (QED) is 0.411. The summed E-state index contributed by atoms with van der Waals surface area (Å²) in [4.78, 5) is 22.7. The van der Waals surface area contributed by atoms with Crippen LogP contribution in [0.3, 0.4) is 0 Å². The number of nitro benzene ring substituents is 1. The molecule has 0 saturated heterocycles. The SMILES string of the molecule is Cc1cc(OCc2ccc(C(=O)Nc3c(Cl)cccc3Cl)o2)ccc1[N+](=O)[O-]. The topological polar surface area (TPSA) is 94.6 Å². The number of amides is 1. The monoisotopic (exact) mass is 420 g/mol. The molecule has 7 nitrogen and oxygen atoms in total. The molecule has 2 aromatic carbocycles. The zero-order chi connectivity index (χ0) is 20.3. The van der Waals surface area contributed by atoms with E-state index in [9.17, 15) is 14.9 Å². The van der Waals surface area contributed by atoms with Crippen LogP contribution in [0.2, 0.25) is 10.0 Å². The lowest BCUT2D eigenvalue weighted by molar-refractivity contribution is -0.385. The van der Waals surface area contributed by atoms with Crippen molar-refractivity contribution in [3.8, 4) is 5.75 Å². The van der Waals surface area contributed by atoms with E-state index >= 15 is 0 Å². The van der Waals surface area contributed by atoms with Crippen molar-refractivity contribution >= 4 is 40.5 Å². The van der Waals surface area contributed by atoms with Crippen LogP contribution in [0.5, 0.6) is 5.75 Å². The Balaban J connectivity index is 1.65. The summed E-state index contributed by atoms with van der Waals surface area (Å²) in [6, 6.07) is 12.4. The molecule has 28 heavy (non-hydrogen) atoms. The number of nitro groups is 1. The van der Waals surface area contributed by atoms with Gasteiger partial charge in [-0.15, -0.1) is 0 Å². The third-order valence-electron chi connectivity index (χ3n) is 3.83. The van der Waals surface area contributed by atoms with Crippen molar-refractivity contribution in [1.82, 2.24) is 0 Å². The van der Waals surface area contributed by atoms with E-state index in [4.69, 9.17) is 32.4 Å². The Morgan fingerprint density at radius 2 is 1.89 bits per heavy atom. The molecule has 0 saturated carbocycles. The number of hydrogen-bond acceptors (Lipinski definition) is 5. The first-order chi connectivity index (χ1) is 13.3. The maximum Gasteiger partial charge on any atom is 0.291 e. The number of carbonyl (C=O) groups is 1. The van der Waals surface area contributed by atoms with Crippen molar-refractivity contribution in [3.63, 3.8) is 0 Å². The summed E-state index contributed by atoms with van der Waals surface area (Å²) in [6.45, 7) is 1.68. The lowest BCUT2D eigenvalue weighted by atomic mass is 10.2. The number of rotatable bonds is 6. The molecule has 0 aliphatic carbocycles. The van der Waals surface area contributed by atoms with Crippen LogP contribution in [0.1, 0.15) is 21.9 Å². The van der Waals surface area contributed by atoms with E-state index < -0.39 is 10.8 Å². The van der Waals surface area contributed by atoms with Gasteiger partial charge in [0.25, 0.3) is 11.6 Å². The highest BCUT2D eigenvalue weighted by molar-refractivity contribution is 6.39. The second kappa shape index (κ2) is 8.33. The Bertz CT molecular complexity index is 1030. The molecule has 0 spiro atoms. The van der Waals surface area contributed by atoms with Crippen molar-refractivity contribution in [3.05, 3.63) is 85.8 Å². The lowest BCUT2D eigenvalue weighted by Crippen LogP contribution is -2.11.